The van der Waals surface area contributed by atoms with Crippen LogP contribution in [0.5, 0.6) is 0 Å². The number of benzene rings is 2. The molecule has 3 rings (SSSR count). The molecule has 150 valence electrons. The summed E-state index contributed by atoms with van der Waals surface area (Å²) in [7, 11) is 0. The number of hydrogen-bond donors (Lipinski definition) is 1. The third-order valence-electron chi connectivity index (χ3n) is 5.15. The number of nitrogens with zero attached hydrogens (tertiary/aromatic N) is 2. The maximum absolute atomic E-state index is 12.9. The van der Waals surface area contributed by atoms with Crippen molar-refractivity contribution in [2.45, 2.75) is 33.1 Å². The van der Waals surface area contributed by atoms with Gasteiger partial charge in [0.25, 0.3) is 0 Å². The van der Waals surface area contributed by atoms with E-state index in [0.29, 0.717) is 23.1 Å². The van der Waals surface area contributed by atoms with Gasteiger partial charge in [0.2, 0.25) is 0 Å². The monoisotopic (exact) mass is 419 g/mol. The van der Waals surface area contributed by atoms with Gasteiger partial charge in [-0.15, -0.1) is 0 Å². The van der Waals surface area contributed by atoms with E-state index in [-0.39, 0.29) is 11.4 Å². The van der Waals surface area contributed by atoms with Gasteiger partial charge in [-0.1, -0.05) is 62.2 Å². The summed E-state index contributed by atoms with van der Waals surface area (Å²) < 4.78 is 0. The highest BCUT2D eigenvalue weighted by atomic mass is 35.5. The van der Waals surface area contributed by atoms with E-state index in [4.69, 9.17) is 23.2 Å². The Bertz CT molecular complexity index is 869. The van der Waals surface area contributed by atoms with E-state index in [2.05, 4.69) is 37.1 Å². The predicted octanol–water partition coefficient (Wildman–Crippen LogP) is 5.95. The van der Waals surface area contributed by atoms with Crippen LogP contribution in [0, 0.1) is 6.92 Å². The smallest absolute Gasteiger partial charge is 0.321 e. The molecule has 1 aliphatic rings. The van der Waals surface area contributed by atoms with Crippen LogP contribution < -0.4 is 10.2 Å². The Labute approximate surface area is 177 Å². The van der Waals surface area contributed by atoms with Crippen LogP contribution in [0.3, 0.4) is 0 Å². The molecule has 6 heteroatoms. The minimum Gasteiger partial charge on any atom is -0.368 e. The van der Waals surface area contributed by atoms with Gasteiger partial charge in [0.05, 0.1) is 10.0 Å². The summed E-state index contributed by atoms with van der Waals surface area (Å²) in [4.78, 5) is 17.0. The zero-order valence-corrected chi connectivity index (χ0v) is 18.4. The quantitative estimate of drug-likeness (QED) is 0.651. The van der Waals surface area contributed by atoms with Crippen molar-refractivity contribution in [2.24, 2.45) is 0 Å². The van der Waals surface area contributed by atoms with Gasteiger partial charge in [-0.25, -0.2) is 4.79 Å². The Kier molecular flexibility index (Phi) is 6.11. The highest BCUT2D eigenvalue weighted by Gasteiger charge is 2.25. The normalized spacial score (nSPS) is 14.9. The SMILES string of the molecule is Cc1cccc(C(C)(C)C)c1NC(=O)N1CCN(c2ccc(Cl)c(Cl)c2)CC1. The summed E-state index contributed by atoms with van der Waals surface area (Å²) in [6, 6.07) is 11.8. The maximum Gasteiger partial charge on any atom is 0.321 e. The Morgan fingerprint density at radius 1 is 1.00 bits per heavy atom. The van der Waals surface area contributed by atoms with Gasteiger partial charge >= 0.3 is 6.03 Å². The van der Waals surface area contributed by atoms with Crippen LogP contribution in [0.25, 0.3) is 0 Å². The predicted molar refractivity (Wildman–Crippen MR) is 119 cm³/mol. The molecule has 2 aromatic carbocycles. The number of urea groups is 1. The molecule has 1 heterocycles. The number of hydrogen-bond acceptors (Lipinski definition) is 2. The minimum absolute atomic E-state index is 0.0405. The number of nitrogens with one attached hydrogen (secondary N) is 1. The zero-order chi connectivity index (χ0) is 20.5. The van der Waals surface area contributed by atoms with Crippen molar-refractivity contribution in [2.75, 3.05) is 36.4 Å². The molecule has 0 unspecified atom stereocenters. The van der Waals surface area contributed by atoms with Crippen molar-refractivity contribution in [1.29, 1.82) is 0 Å². The summed E-state index contributed by atoms with van der Waals surface area (Å²) in [5, 5.41) is 4.26. The number of piperazine rings is 1. The van der Waals surface area contributed by atoms with Gasteiger partial charge in [-0.05, 0) is 41.7 Å². The van der Waals surface area contributed by atoms with E-state index in [0.717, 1.165) is 35.6 Å². The number of anilines is 2. The third kappa shape index (κ3) is 4.56. The molecule has 0 aliphatic carbocycles. The fraction of sp³-hybridized carbons (Fsp3) is 0.409. The van der Waals surface area contributed by atoms with Crippen LogP contribution in [-0.4, -0.2) is 37.1 Å². The van der Waals surface area contributed by atoms with Gasteiger partial charge in [0.15, 0.2) is 0 Å². The molecule has 1 N–H and O–H groups in total. The molecule has 0 atom stereocenters. The van der Waals surface area contributed by atoms with Crippen LogP contribution in [0.4, 0.5) is 16.2 Å². The largest absolute Gasteiger partial charge is 0.368 e. The molecular formula is C22H27Cl2N3O. The van der Waals surface area contributed by atoms with Crippen molar-refractivity contribution < 1.29 is 4.79 Å². The first-order valence-electron chi connectivity index (χ1n) is 9.53. The number of aryl methyl sites for hydroxylation is 1. The molecule has 0 spiro atoms. The number of carbonyl (C=O) groups is 1. The summed E-state index contributed by atoms with van der Waals surface area (Å²) in [5.74, 6) is 0. The Morgan fingerprint density at radius 2 is 1.68 bits per heavy atom. The van der Waals surface area contributed by atoms with Gasteiger partial charge in [0.1, 0.15) is 0 Å². The van der Waals surface area contributed by atoms with E-state index in [9.17, 15) is 4.79 Å². The van der Waals surface area contributed by atoms with Gasteiger partial charge in [-0.3, -0.25) is 0 Å². The Balaban J connectivity index is 1.67. The molecular weight excluding hydrogens is 393 g/mol. The van der Waals surface area contributed by atoms with Crippen molar-refractivity contribution in [3.63, 3.8) is 0 Å². The maximum atomic E-state index is 12.9. The lowest BCUT2D eigenvalue weighted by molar-refractivity contribution is 0.208. The zero-order valence-electron chi connectivity index (χ0n) is 16.9. The molecule has 1 saturated heterocycles. The van der Waals surface area contributed by atoms with Crippen LogP contribution in [0.15, 0.2) is 36.4 Å². The second kappa shape index (κ2) is 8.22. The molecule has 2 aromatic rings. The Hall–Kier alpha value is -1.91. The fourth-order valence-corrected chi connectivity index (χ4v) is 3.79. The lowest BCUT2D eigenvalue weighted by Gasteiger charge is -2.36. The summed E-state index contributed by atoms with van der Waals surface area (Å²) in [5.41, 5.74) is 4.14. The van der Waals surface area contributed by atoms with Gasteiger partial charge in [-0.2, -0.15) is 0 Å². The first-order valence-corrected chi connectivity index (χ1v) is 10.3. The van der Waals surface area contributed by atoms with Crippen molar-refractivity contribution in [3.8, 4) is 0 Å². The summed E-state index contributed by atoms with van der Waals surface area (Å²) in [6.07, 6.45) is 0. The summed E-state index contributed by atoms with van der Waals surface area (Å²) >= 11 is 12.1. The van der Waals surface area contributed by atoms with Crippen molar-refractivity contribution in [1.82, 2.24) is 4.90 Å². The standard InChI is InChI=1S/C22H27Cl2N3O/c1-15-6-5-7-17(22(2,3)4)20(15)25-21(28)27-12-10-26(11-13-27)16-8-9-18(23)19(24)14-16/h5-9,14H,10-13H2,1-4H3,(H,25,28). The lowest BCUT2D eigenvalue weighted by atomic mass is 9.84. The van der Waals surface area contributed by atoms with E-state index < -0.39 is 0 Å². The average molecular weight is 420 g/mol. The van der Waals surface area contributed by atoms with Gasteiger partial charge < -0.3 is 15.1 Å². The van der Waals surface area contributed by atoms with Crippen LogP contribution in [-0.2, 0) is 5.41 Å². The molecule has 0 radical (unpaired) electrons. The molecule has 0 saturated carbocycles. The molecule has 28 heavy (non-hydrogen) atoms. The topological polar surface area (TPSA) is 35.6 Å². The minimum atomic E-state index is -0.0476. The third-order valence-corrected chi connectivity index (χ3v) is 5.89. The van der Waals surface area contributed by atoms with E-state index in [1.165, 1.54) is 0 Å². The molecule has 1 fully saturated rings. The molecule has 4 nitrogen and oxygen atoms in total. The Morgan fingerprint density at radius 3 is 2.29 bits per heavy atom. The second-order valence-corrected chi connectivity index (χ2v) is 9.06. The number of carbonyl (C=O) groups excluding carboxylic acids is 1. The average Bonchev–Trinajstić information content (AvgIpc) is 2.65. The number of rotatable bonds is 2. The van der Waals surface area contributed by atoms with Crippen molar-refractivity contribution in [3.05, 3.63) is 57.6 Å². The lowest BCUT2D eigenvalue weighted by Crippen LogP contribution is -2.50. The molecule has 0 aromatic heterocycles. The molecule has 2 amide bonds. The highest BCUT2D eigenvalue weighted by Crippen LogP contribution is 2.32. The van der Waals surface area contributed by atoms with Crippen LogP contribution >= 0.6 is 23.2 Å². The van der Waals surface area contributed by atoms with E-state index >= 15 is 0 Å². The molecule has 1 aliphatic heterocycles. The number of amides is 2. The van der Waals surface area contributed by atoms with E-state index in [1.54, 1.807) is 0 Å². The number of para-hydroxylation sites is 1. The van der Waals surface area contributed by atoms with E-state index in [1.807, 2.05) is 42.2 Å². The summed E-state index contributed by atoms with van der Waals surface area (Å²) in [6.45, 7) is 11.3. The molecule has 0 bridgehead atoms. The van der Waals surface area contributed by atoms with Crippen molar-refractivity contribution >= 4 is 40.6 Å². The van der Waals surface area contributed by atoms with Crippen LogP contribution in [0.2, 0.25) is 10.0 Å². The fourth-order valence-electron chi connectivity index (χ4n) is 3.49. The number of halogens is 2. The second-order valence-electron chi connectivity index (χ2n) is 8.25. The van der Waals surface area contributed by atoms with Crippen LogP contribution in [0.1, 0.15) is 31.9 Å². The highest BCUT2D eigenvalue weighted by molar-refractivity contribution is 6.42. The first kappa shape index (κ1) is 20.8. The first-order chi connectivity index (χ1) is 13.2. The van der Waals surface area contributed by atoms with Gasteiger partial charge in [0, 0.05) is 37.6 Å².